The number of thioether (sulfide) groups is 1. The van der Waals surface area contributed by atoms with Gasteiger partial charge in [0.1, 0.15) is 5.75 Å². The van der Waals surface area contributed by atoms with Crippen molar-refractivity contribution < 1.29 is 9.53 Å². The fourth-order valence-corrected chi connectivity index (χ4v) is 3.65. The third-order valence-corrected chi connectivity index (χ3v) is 5.42. The van der Waals surface area contributed by atoms with E-state index in [1.807, 2.05) is 66.1 Å². The Morgan fingerprint density at radius 1 is 1.21 bits per heavy atom. The Morgan fingerprint density at radius 3 is 2.59 bits per heavy atom. The number of rotatable bonds is 9. The summed E-state index contributed by atoms with van der Waals surface area (Å²) in [5, 5.41) is 12.0. The summed E-state index contributed by atoms with van der Waals surface area (Å²) in [5.74, 6) is 1.46. The number of methoxy groups -OCH3 is 1. The number of nitrogens with zero attached hydrogens (tertiary/aromatic N) is 3. The smallest absolute Gasteiger partial charge is 0.233 e. The predicted octanol–water partition coefficient (Wildman–Crippen LogP) is 3.94. The molecule has 0 spiro atoms. The number of carbonyl (C=O) groups excluding carboxylic acids is 1. The first-order valence-electron chi connectivity index (χ1n) is 9.29. The molecular weight excluding hydrogens is 384 g/mol. The number of ether oxygens (including phenoxy) is 1. The number of aromatic nitrogens is 3. The molecule has 0 saturated carbocycles. The van der Waals surface area contributed by atoms with Gasteiger partial charge in [0.15, 0.2) is 11.0 Å². The van der Waals surface area contributed by atoms with Gasteiger partial charge in [-0.3, -0.25) is 9.36 Å². The van der Waals surface area contributed by atoms with E-state index in [9.17, 15) is 4.79 Å². The van der Waals surface area contributed by atoms with E-state index in [-0.39, 0.29) is 11.2 Å². The summed E-state index contributed by atoms with van der Waals surface area (Å²) < 4.78 is 7.17. The van der Waals surface area contributed by atoms with Crippen molar-refractivity contribution in [3.05, 3.63) is 72.8 Å². The minimum atomic E-state index is -0.310. The normalized spacial score (nSPS) is 11.7. The average molecular weight is 409 g/mol. The molecule has 0 aliphatic carbocycles. The highest BCUT2D eigenvalue weighted by atomic mass is 32.2. The SMILES string of the molecule is C=CCn1c(S[C@H](C)C(=O)NCc2ccccc2)nnc1-c1ccc(OC)cc1. The minimum absolute atomic E-state index is 0.0435. The van der Waals surface area contributed by atoms with Gasteiger partial charge in [-0.1, -0.05) is 48.2 Å². The van der Waals surface area contributed by atoms with Gasteiger partial charge < -0.3 is 10.1 Å². The van der Waals surface area contributed by atoms with Gasteiger partial charge in [0.05, 0.1) is 12.4 Å². The van der Waals surface area contributed by atoms with Crippen molar-refractivity contribution in [2.75, 3.05) is 7.11 Å². The predicted molar refractivity (Wildman–Crippen MR) is 116 cm³/mol. The molecule has 1 amide bonds. The topological polar surface area (TPSA) is 69.0 Å². The third kappa shape index (κ3) is 5.26. The molecule has 0 bridgehead atoms. The van der Waals surface area contributed by atoms with E-state index in [1.165, 1.54) is 11.8 Å². The molecule has 29 heavy (non-hydrogen) atoms. The lowest BCUT2D eigenvalue weighted by atomic mass is 10.2. The van der Waals surface area contributed by atoms with Gasteiger partial charge in [-0.2, -0.15) is 0 Å². The van der Waals surface area contributed by atoms with Crippen LogP contribution < -0.4 is 10.1 Å². The van der Waals surface area contributed by atoms with E-state index in [0.29, 0.717) is 18.2 Å². The second-order valence-corrected chi connectivity index (χ2v) is 7.71. The molecule has 7 heteroatoms. The monoisotopic (exact) mass is 408 g/mol. The maximum absolute atomic E-state index is 12.5. The molecule has 1 heterocycles. The lowest BCUT2D eigenvalue weighted by Crippen LogP contribution is -2.30. The molecule has 0 aliphatic heterocycles. The third-order valence-electron chi connectivity index (χ3n) is 4.34. The zero-order valence-electron chi connectivity index (χ0n) is 16.5. The molecule has 0 radical (unpaired) electrons. The van der Waals surface area contributed by atoms with Crippen LogP contribution in [-0.4, -0.2) is 33.0 Å². The van der Waals surface area contributed by atoms with Crippen molar-refractivity contribution in [1.82, 2.24) is 20.1 Å². The Morgan fingerprint density at radius 2 is 1.93 bits per heavy atom. The molecule has 6 nitrogen and oxygen atoms in total. The highest BCUT2D eigenvalue weighted by Crippen LogP contribution is 2.28. The fraction of sp³-hybridized carbons (Fsp3) is 0.227. The molecule has 1 atom stereocenters. The largest absolute Gasteiger partial charge is 0.497 e. The summed E-state index contributed by atoms with van der Waals surface area (Å²) in [4.78, 5) is 12.5. The second kappa shape index (κ2) is 9.93. The van der Waals surface area contributed by atoms with Crippen LogP contribution in [0, 0.1) is 0 Å². The molecule has 0 fully saturated rings. The van der Waals surface area contributed by atoms with Crippen LogP contribution in [0.2, 0.25) is 0 Å². The second-order valence-electron chi connectivity index (χ2n) is 6.40. The minimum Gasteiger partial charge on any atom is -0.497 e. The van der Waals surface area contributed by atoms with E-state index in [4.69, 9.17) is 4.74 Å². The molecule has 3 aromatic rings. The first kappa shape index (κ1) is 20.7. The van der Waals surface area contributed by atoms with E-state index in [1.54, 1.807) is 13.2 Å². The van der Waals surface area contributed by atoms with E-state index in [2.05, 4.69) is 22.1 Å². The van der Waals surface area contributed by atoms with Crippen LogP contribution in [0.5, 0.6) is 5.75 Å². The van der Waals surface area contributed by atoms with Crippen LogP contribution >= 0.6 is 11.8 Å². The molecular formula is C22H24N4O2S. The Bertz CT molecular complexity index is 955. The van der Waals surface area contributed by atoms with Crippen molar-refractivity contribution in [3.8, 4) is 17.1 Å². The first-order valence-corrected chi connectivity index (χ1v) is 10.2. The first-order chi connectivity index (χ1) is 14.1. The van der Waals surface area contributed by atoms with Crippen molar-refractivity contribution in [3.63, 3.8) is 0 Å². The average Bonchev–Trinajstić information content (AvgIpc) is 3.15. The molecule has 2 aromatic carbocycles. The van der Waals surface area contributed by atoms with E-state index >= 15 is 0 Å². The highest BCUT2D eigenvalue weighted by Gasteiger charge is 2.20. The van der Waals surface area contributed by atoms with Crippen molar-refractivity contribution in [2.24, 2.45) is 0 Å². The van der Waals surface area contributed by atoms with Crippen molar-refractivity contribution in [2.45, 2.75) is 30.4 Å². The summed E-state index contributed by atoms with van der Waals surface area (Å²) in [5.41, 5.74) is 1.99. The molecule has 0 unspecified atom stereocenters. The van der Waals surface area contributed by atoms with Gasteiger partial charge in [-0.25, -0.2) is 0 Å². The van der Waals surface area contributed by atoms with Crippen molar-refractivity contribution >= 4 is 17.7 Å². The number of carbonyl (C=O) groups is 1. The van der Waals surface area contributed by atoms with Crippen LogP contribution in [0.3, 0.4) is 0 Å². The van der Waals surface area contributed by atoms with E-state index in [0.717, 1.165) is 22.7 Å². The molecule has 150 valence electrons. The number of nitrogens with one attached hydrogen (secondary N) is 1. The quantitative estimate of drug-likeness (QED) is 0.429. The lowest BCUT2D eigenvalue weighted by Gasteiger charge is -2.13. The molecule has 0 saturated heterocycles. The summed E-state index contributed by atoms with van der Waals surface area (Å²) in [7, 11) is 1.63. The molecule has 1 aromatic heterocycles. The Labute approximate surface area is 175 Å². The van der Waals surface area contributed by atoms with E-state index < -0.39 is 0 Å². The summed E-state index contributed by atoms with van der Waals surface area (Å²) >= 11 is 1.38. The van der Waals surface area contributed by atoms with Gasteiger partial charge in [0.2, 0.25) is 5.91 Å². The highest BCUT2D eigenvalue weighted by molar-refractivity contribution is 8.00. The maximum atomic E-state index is 12.5. The van der Waals surface area contributed by atoms with Crippen LogP contribution in [0.4, 0.5) is 0 Å². The number of hydrogen-bond acceptors (Lipinski definition) is 5. The number of amides is 1. The zero-order valence-corrected chi connectivity index (χ0v) is 17.4. The molecule has 3 rings (SSSR count). The number of hydrogen-bond donors (Lipinski definition) is 1. The summed E-state index contributed by atoms with van der Waals surface area (Å²) in [6.45, 7) is 6.75. The molecule has 1 N–H and O–H groups in total. The standard InChI is InChI=1S/C22H24N4O2S/c1-4-14-26-20(18-10-12-19(28-3)13-11-18)24-25-22(26)29-16(2)21(27)23-15-17-8-6-5-7-9-17/h4-13,16H,1,14-15H2,2-3H3,(H,23,27)/t16-/m1/s1. The summed E-state index contributed by atoms with van der Waals surface area (Å²) in [6, 6.07) is 17.5. The van der Waals surface area contributed by atoms with Gasteiger partial charge in [-0.05, 0) is 36.8 Å². The van der Waals surface area contributed by atoms with Gasteiger partial charge in [0, 0.05) is 18.7 Å². The zero-order chi connectivity index (χ0) is 20.6. The van der Waals surface area contributed by atoms with Gasteiger partial charge in [-0.15, -0.1) is 16.8 Å². The maximum Gasteiger partial charge on any atom is 0.233 e. The van der Waals surface area contributed by atoms with Crippen LogP contribution in [-0.2, 0) is 17.9 Å². The summed E-state index contributed by atoms with van der Waals surface area (Å²) in [6.07, 6.45) is 1.79. The number of allylic oxidation sites excluding steroid dienone is 1. The Hall–Kier alpha value is -3.06. The van der Waals surface area contributed by atoms with Crippen LogP contribution in [0.15, 0.2) is 72.4 Å². The lowest BCUT2D eigenvalue weighted by molar-refractivity contribution is -0.120. The number of benzene rings is 2. The van der Waals surface area contributed by atoms with Crippen LogP contribution in [0.25, 0.3) is 11.4 Å². The van der Waals surface area contributed by atoms with Gasteiger partial charge >= 0.3 is 0 Å². The fourth-order valence-electron chi connectivity index (χ4n) is 2.76. The van der Waals surface area contributed by atoms with Crippen LogP contribution in [0.1, 0.15) is 12.5 Å². The van der Waals surface area contributed by atoms with Crippen molar-refractivity contribution in [1.29, 1.82) is 0 Å². The Balaban J connectivity index is 1.71. The van der Waals surface area contributed by atoms with Gasteiger partial charge in [0.25, 0.3) is 0 Å². The molecule has 0 aliphatic rings. The Kier molecular flexibility index (Phi) is 7.08.